The summed E-state index contributed by atoms with van der Waals surface area (Å²) < 4.78 is 0. The Kier molecular flexibility index (Phi) is 11.7. The molecular weight excluding hydrogens is 294 g/mol. The van der Waals surface area contributed by atoms with Crippen LogP contribution in [0.15, 0.2) is 29.6 Å². The van der Waals surface area contributed by atoms with Crippen LogP contribution >= 0.6 is 0 Å². The lowest BCUT2D eigenvalue weighted by Gasteiger charge is -2.05. The summed E-state index contributed by atoms with van der Waals surface area (Å²) in [5, 5.41) is 39.6. The van der Waals surface area contributed by atoms with Crippen molar-refractivity contribution in [2.75, 3.05) is 0 Å². The Bertz CT molecular complexity index is 433. The highest BCUT2D eigenvalue weighted by Crippen LogP contribution is 2.10. The van der Waals surface area contributed by atoms with Gasteiger partial charge in [0.25, 0.3) is 5.09 Å². The Morgan fingerprint density at radius 3 is 2.10 bits per heavy atom. The molecule has 0 amide bonds. The van der Waals surface area contributed by atoms with Gasteiger partial charge in [0.2, 0.25) is 0 Å². The largest absolute Gasteiger partial charge is 0.508 e. The molecule has 12 nitrogen and oxygen atoms in total. The van der Waals surface area contributed by atoms with Crippen LogP contribution in [0.25, 0.3) is 0 Å². The minimum Gasteiger partial charge on any atom is -0.508 e. The van der Waals surface area contributed by atoms with E-state index < -0.39 is 17.1 Å². The number of aliphatic carboxylic acids is 1. The van der Waals surface area contributed by atoms with E-state index >= 15 is 0 Å². The predicted octanol–water partition coefficient (Wildman–Crippen LogP) is 0.156. The number of nitrogens with zero attached hydrogens (tertiary/aromatic N) is 2. The number of nitrogens with two attached hydrogens (primary N) is 1. The molecule has 0 aliphatic heterocycles. The van der Waals surface area contributed by atoms with E-state index in [0.717, 1.165) is 5.56 Å². The third-order valence-electron chi connectivity index (χ3n) is 1.74. The number of hydrogen-bond acceptors (Lipinski definition) is 9. The first kappa shape index (κ1) is 20.3. The zero-order chi connectivity index (χ0) is 16.8. The van der Waals surface area contributed by atoms with Gasteiger partial charge in [-0.3, -0.25) is 4.79 Å². The first-order chi connectivity index (χ1) is 9.74. The minimum absolute atomic E-state index is 0.160. The molecule has 0 spiro atoms. The molecule has 1 aromatic rings. The fourth-order valence-corrected chi connectivity index (χ4v) is 0.973. The van der Waals surface area contributed by atoms with Gasteiger partial charge in [-0.1, -0.05) is 12.1 Å². The third-order valence-corrected chi connectivity index (χ3v) is 1.74. The molecule has 0 radical (unpaired) electrons. The summed E-state index contributed by atoms with van der Waals surface area (Å²) in [5.41, 5.74) is 6.12. The first-order valence-corrected chi connectivity index (χ1v) is 4.97. The molecule has 0 bridgehead atoms. The van der Waals surface area contributed by atoms with Crippen LogP contribution in [0.3, 0.4) is 0 Å². The zero-order valence-corrected chi connectivity index (χ0v) is 10.4. The molecule has 0 aromatic heterocycles. The molecule has 1 rings (SSSR count). The van der Waals surface area contributed by atoms with Crippen LogP contribution in [0.5, 0.6) is 5.75 Å². The molecule has 0 fully saturated rings. The highest BCUT2D eigenvalue weighted by Gasteiger charge is 2.11. The lowest BCUT2D eigenvalue weighted by Crippen LogP contribution is -2.32. The van der Waals surface area contributed by atoms with Crippen LogP contribution in [-0.2, 0) is 16.2 Å². The summed E-state index contributed by atoms with van der Waals surface area (Å²) >= 11 is 0. The second-order valence-corrected chi connectivity index (χ2v) is 3.21. The molecule has 6 N–H and O–H groups in total. The number of hydrogen-bond donors (Lipinski definition) is 5. The van der Waals surface area contributed by atoms with E-state index in [1.165, 1.54) is 12.1 Å². The Balaban J connectivity index is 0. The standard InChI is InChI=1S/C9H11NO3.2HNO3/c10-8(9(12)13)5-6-1-3-7(11)4-2-6;2-1-4-3;2-1(3)4/h1-4,8,11H,5,10H2,(H,12,13);3H;(H,2,3,4)/t8-;;/m0../s1. The minimum atomic E-state index is -1.50. The average molecular weight is 307 g/mol. The molecule has 0 aliphatic rings. The number of benzene rings is 1. The van der Waals surface area contributed by atoms with Crippen LogP contribution in [0.1, 0.15) is 5.56 Å². The summed E-state index contributed by atoms with van der Waals surface area (Å²) in [7, 11) is 0. The van der Waals surface area contributed by atoms with Gasteiger partial charge >= 0.3 is 5.97 Å². The van der Waals surface area contributed by atoms with Gasteiger partial charge in [-0.2, -0.15) is 10.2 Å². The Hall–Kier alpha value is -2.99. The van der Waals surface area contributed by atoms with Crippen LogP contribution in [0.2, 0.25) is 0 Å². The van der Waals surface area contributed by atoms with E-state index in [1.54, 1.807) is 17.5 Å². The van der Waals surface area contributed by atoms with Gasteiger partial charge < -0.3 is 21.2 Å². The average Bonchev–Trinajstić information content (AvgIpc) is 2.41. The number of carbonyl (C=O) groups is 1. The van der Waals surface area contributed by atoms with Crippen LogP contribution < -0.4 is 5.73 Å². The molecule has 0 saturated heterocycles. The number of rotatable bonds is 4. The van der Waals surface area contributed by atoms with Gasteiger partial charge in [0.05, 0.1) is 0 Å². The quantitative estimate of drug-likeness (QED) is 0.220. The number of carboxylic acids is 1. The van der Waals surface area contributed by atoms with Gasteiger partial charge in [0, 0.05) is 0 Å². The van der Waals surface area contributed by atoms with E-state index in [9.17, 15) is 4.79 Å². The normalized spacial score (nSPS) is 9.81. The van der Waals surface area contributed by atoms with E-state index in [-0.39, 0.29) is 12.2 Å². The number of phenols is 1. The molecule has 0 saturated carbocycles. The van der Waals surface area contributed by atoms with Gasteiger partial charge in [0.1, 0.15) is 11.8 Å². The molecule has 21 heavy (non-hydrogen) atoms. The molecule has 118 valence electrons. The second kappa shape index (κ2) is 12.1. The number of aromatic hydroxyl groups is 1. The lowest BCUT2D eigenvalue weighted by molar-refractivity contribution is -0.742. The summed E-state index contributed by atoms with van der Waals surface area (Å²) in [5.74, 6) is -0.860. The molecule has 1 aromatic carbocycles. The Morgan fingerprint density at radius 2 is 1.81 bits per heavy atom. The maximum atomic E-state index is 10.4. The van der Waals surface area contributed by atoms with Crippen LogP contribution in [0, 0.1) is 15.0 Å². The number of carboxylic acid groups (broad SMARTS) is 1. The van der Waals surface area contributed by atoms with Crippen LogP contribution in [0.4, 0.5) is 0 Å². The van der Waals surface area contributed by atoms with Gasteiger partial charge in [-0.25, -0.2) is 0 Å². The van der Waals surface area contributed by atoms with Crippen molar-refractivity contribution in [3.8, 4) is 5.75 Å². The fourth-order valence-electron chi connectivity index (χ4n) is 0.973. The van der Waals surface area contributed by atoms with E-state index in [0.29, 0.717) is 0 Å². The van der Waals surface area contributed by atoms with Crippen molar-refractivity contribution in [1.82, 2.24) is 0 Å². The van der Waals surface area contributed by atoms with Crippen molar-refractivity contribution in [2.24, 2.45) is 11.1 Å². The topological polar surface area (TPSA) is 206 Å². The molecular formula is C9H13N3O9. The number of phenolic OH excluding ortho intramolecular Hbond substituents is 1. The van der Waals surface area contributed by atoms with Crippen molar-refractivity contribution in [3.63, 3.8) is 0 Å². The van der Waals surface area contributed by atoms with E-state index in [2.05, 4.69) is 4.99 Å². The highest BCUT2D eigenvalue weighted by molar-refractivity contribution is 5.73. The van der Waals surface area contributed by atoms with Crippen molar-refractivity contribution in [3.05, 3.63) is 44.9 Å². The Labute approximate surface area is 117 Å². The summed E-state index contributed by atoms with van der Waals surface area (Å²) in [6.07, 6.45) is 0.273. The Morgan fingerprint density at radius 1 is 1.43 bits per heavy atom. The molecule has 0 unspecified atom stereocenters. The monoisotopic (exact) mass is 307 g/mol. The predicted molar refractivity (Wildman–Crippen MR) is 65.7 cm³/mol. The molecule has 12 heteroatoms. The zero-order valence-electron chi connectivity index (χ0n) is 10.4. The maximum Gasteiger partial charge on any atom is 0.320 e. The highest BCUT2D eigenvalue weighted by atomic mass is 17.2. The van der Waals surface area contributed by atoms with Gasteiger partial charge in [-0.15, -0.1) is 15.0 Å². The summed E-state index contributed by atoms with van der Waals surface area (Å²) in [6, 6.07) is 5.42. The molecule has 1 atom stereocenters. The molecule has 0 heterocycles. The van der Waals surface area contributed by atoms with Crippen molar-refractivity contribution >= 4 is 5.97 Å². The molecule has 0 aliphatic carbocycles. The van der Waals surface area contributed by atoms with Crippen molar-refractivity contribution in [1.29, 1.82) is 0 Å². The van der Waals surface area contributed by atoms with E-state index in [4.69, 9.17) is 41.4 Å². The first-order valence-electron chi connectivity index (χ1n) is 4.97. The summed E-state index contributed by atoms with van der Waals surface area (Å²) in [6.45, 7) is 0. The van der Waals surface area contributed by atoms with Crippen molar-refractivity contribution < 1.29 is 35.5 Å². The fraction of sp³-hybridized carbons (Fsp3) is 0.222. The summed E-state index contributed by atoms with van der Waals surface area (Å²) in [4.78, 5) is 29.8. The van der Waals surface area contributed by atoms with Crippen LogP contribution in [-0.4, -0.2) is 37.8 Å². The smallest absolute Gasteiger partial charge is 0.320 e. The van der Waals surface area contributed by atoms with Gasteiger partial charge in [0.15, 0.2) is 5.34 Å². The second-order valence-electron chi connectivity index (χ2n) is 3.21. The van der Waals surface area contributed by atoms with E-state index in [1.807, 2.05) is 0 Å². The van der Waals surface area contributed by atoms with Crippen molar-refractivity contribution in [2.45, 2.75) is 12.5 Å². The maximum absolute atomic E-state index is 10.4. The third kappa shape index (κ3) is 15.0. The SMILES string of the molecule is N[C@@H](Cc1ccc(O)cc1)C(=O)O.O=NOO.O=[N+]([O-])O. The lowest BCUT2D eigenvalue weighted by atomic mass is 10.1. The van der Waals surface area contributed by atoms with Gasteiger partial charge in [-0.05, 0) is 24.1 Å².